The van der Waals surface area contributed by atoms with Gasteiger partial charge in [0.05, 0.1) is 0 Å². The minimum atomic E-state index is 0.0242. The highest BCUT2D eigenvalue weighted by Crippen LogP contribution is 2.29. The van der Waals surface area contributed by atoms with E-state index >= 15 is 0 Å². The molecule has 5 heteroatoms. The van der Waals surface area contributed by atoms with E-state index in [0.717, 1.165) is 21.9 Å². The predicted molar refractivity (Wildman–Crippen MR) is 107 cm³/mol. The Bertz CT molecular complexity index is 824. The van der Waals surface area contributed by atoms with Crippen molar-refractivity contribution in [1.82, 2.24) is 10.2 Å². The third-order valence-electron chi connectivity index (χ3n) is 5.59. The van der Waals surface area contributed by atoms with E-state index in [1.807, 2.05) is 48.5 Å². The molecule has 2 aromatic carbocycles. The molecule has 0 spiro atoms. The van der Waals surface area contributed by atoms with Gasteiger partial charge in [0, 0.05) is 33.5 Å². The molecule has 2 aromatic rings. The van der Waals surface area contributed by atoms with E-state index in [-0.39, 0.29) is 17.7 Å². The zero-order valence-corrected chi connectivity index (χ0v) is 16.3. The predicted octanol–water partition coefficient (Wildman–Crippen LogP) is 3.86. The first-order valence-electron chi connectivity index (χ1n) is 9.50. The number of piperidine rings is 3. The smallest absolute Gasteiger partial charge is 0.251 e. The summed E-state index contributed by atoms with van der Waals surface area (Å²) in [5.74, 6) is 0.729. The van der Waals surface area contributed by atoms with Gasteiger partial charge in [-0.1, -0.05) is 23.9 Å². The standard InChI is InChI=1S/C22H24N2O2S/c1-15(25)16-2-6-19(7-3-16)27-20-8-4-18(5-9-20)22(26)23-21-14-24-12-10-17(21)11-13-24/h2-9,17,21H,10-14H2,1H3,(H,23,26). The van der Waals surface area contributed by atoms with Crippen molar-refractivity contribution < 1.29 is 9.59 Å². The minimum absolute atomic E-state index is 0.0242. The van der Waals surface area contributed by atoms with E-state index in [1.54, 1.807) is 18.7 Å². The van der Waals surface area contributed by atoms with Crippen LogP contribution in [0.1, 0.15) is 40.5 Å². The summed E-state index contributed by atoms with van der Waals surface area (Å²) in [6, 6.07) is 15.6. The van der Waals surface area contributed by atoms with Gasteiger partial charge < -0.3 is 10.2 Å². The third kappa shape index (κ3) is 4.25. The number of hydrogen-bond donors (Lipinski definition) is 1. The summed E-state index contributed by atoms with van der Waals surface area (Å²) in [6.45, 7) is 4.91. The fraction of sp³-hybridized carbons (Fsp3) is 0.364. The fourth-order valence-corrected chi connectivity index (χ4v) is 4.76. The number of amides is 1. The molecule has 0 aromatic heterocycles. The lowest BCUT2D eigenvalue weighted by Crippen LogP contribution is -2.57. The van der Waals surface area contributed by atoms with Gasteiger partial charge in [0.25, 0.3) is 5.91 Å². The molecule has 0 radical (unpaired) electrons. The van der Waals surface area contributed by atoms with E-state index in [1.165, 1.54) is 25.9 Å². The van der Waals surface area contributed by atoms with Gasteiger partial charge in [-0.05, 0) is 75.2 Å². The molecule has 3 saturated heterocycles. The number of benzene rings is 2. The zero-order chi connectivity index (χ0) is 18.8. The lowest BCUT2D eigenvalue weighted by Gasteiger charge is -2.44. The summed E-state index contributed by atoms with van der Waals surface area (Å²) in [5.41, 5.74) is 1.43. The first-order valence-corrected chi connectivity index (χ1v) is 10.3. The van der Waals surface area contributed by atoms with Crippen molar-refractivity contribution >= 4 is 23.5 Å². The number of nitrogens with one attached hydrogen (secondary N) is 1. The van der Waals surface area contributed by atoms with Crippen LogP contribution in [0, 0.1) is 5.92 Å². The Labute approximate surface area is 164 Å². The Hall–Kier alpha value is -2.11. The van der Waals surface area contributed by atoms with Crippen molar-refractivity contribution in [3.05, 3.63) is 59.7 Å². The number of Topliss-reactive ketones (excluding diaryl/α,β-unsaturated/α-hetero) is 1. The highest BCUT2D eigenvalue weighted by molar-refractivity contribution is 7.99. The fourth-order valence-electron chi connectivity index (χ4n) is 3.95. The first-order chi connectivity index (χ1) is 13.1. The van der Waals surface area contributed by atoms with Crippen molar-refractivity contribution in [2.75, 3.05) is 19.6 Å². The Balaban J connectivity index is 1.36. The van der Waals surface area contributed by atoms with Crippen molar-refractivity contribution in [2.45, 2.75) is 35.6 Å². The van der Waals surface area contributed by atoms with E-state index < -0.39 is 0 Å². The lowest BCUT2D eigenvalue weighted by atomic mass is 9.84. The van der Waals surface area contributed by atoms with Gasteiger partial charge in [0.15, 0.2) is 5.78 Å². The summed E-state index contributed by atoms with van der Waals surface area (Å²) in [7, 11) is 0. The molecule has 3 fully saturated rings. The maximum atomic E-state index is 12.6. The van der Waals surface area contributed by atoms with Crippen LogP contribution in [-0.4, -0.2) is 42.3 Å². The SMILES string of the molecule is CC(=O)c1ccc(Sc2ccc(C(=O)NC3CN4CCC3CC4)cc2)cc1. The van der Waals surface area contributed by atoms with Gasteiger partial charge in [0.2, 0.25) is 0 Å². The number of ketones is 1. The summed E-state index contributed by atoms with van der Waals surface area (Å²) in [6.07, 6.45) is 2.39. The largest absolute Gasteiger partial charge is 0.348 e. The highest BCUT2D eigenvalue weighted by atomic mass is 32.2. The van der Waals surface area contributed by atoms with Gasteiger partial charge in [-0.15, -0.1) is 0 Å². The maximum absolute atomic E-state index is 12.6. The molecule has 2 bridgehead atoms. The number of carbonyl (C=O) groups is 2. The summed E-state index contributed by atoms with van der Waals surface area (Å²) >= 11 is 1.62. The van der Waals surface area contributed by atoms with Crippen LogP contribution in [0.25, 0.3) is 0 Å². The molecule has 0 saturated carbocycles. The normalized spacial score (nSPS) is 23.8. The van der Waals surface area contributed by atoms with E-state index in [4.69, 9.17) is 0 Å². The molecule has 140 valence electrons. The Morgan fingerprint density at radius 2 is 1.48 bits per heavy atom. The quantitative estimate of drug-likeness (QED) is 0.800. The number of rotatable bonds is 5. The van der Waals surface area contributed by atoms with Crippen LogP contribution in [0.4, 0.5) is 0 Å². The van der Waals surface area contributed by atoms with E-state index in [0.29, 0.717) is 11.5 Å². The van der Waals surface area contributed by atoms with Gasteiger partial charge in [0.1, 0.15) is 0 Å². The Morgan fingerprint density at radius 1 is 0.926 bits per heavy atom. The summed E-state index contributed by atoms with van der Waals surface area (Å²) < 4.78 is 0. The highest BCUT2D eigenvalue weighted by Gasteiger charge is 2.34. The van der Waals surface area contributed by atoms with Crippen molar-refractivity contribution in [3.63, 3.8) is 0 Å². The lowest BCUT2D eigenvalue weighted by molar-refractivity contribution is 0.0620. The summed E-state index contributed by atoms with van der Waals surface area (Å²) in [5, 5.41) is 3.23. The average Bonchev–Trinajstić information content (AvgIpc) is 2.70. The topological polar surface area (TPSA) is 49.4 Å². The second kappa shape index (κ2) is 7.87. The number of carbonyl (C=O) groups excluding carboxylic acids is 2. The number of hydrogen-bond acceptors (Lipinski definition) is 4. The van der Waals surface area contributed by atoms with Crippen LogP contribution in [0.15, 0.2) is 58.3 Å². The minimum Gasteiger partial charge on any atom is -0.348 e. The maximum Gasteiger partial charge on any atom is 0.251 e. The van der Waals surface area contributed by atoms with Crippen LogP contribution in [0.2, 0.25) is 0 Å². The van der Waals surface area contributed by atoms with Crippen molar-refractivity contribution in [1.29, 1.82) is 0 Å². The molecule has 1 unspecified atom stereocenters. The van der Waals surface area contributed by atoms with Gasteiger partial charge in [-0.25, -0.2) is 0 Å². The molecule has 27 heavy (non-hydrogen) atoms. The molecule has 1 amide bonds. The average molecular weight is 381 g/mol. The van der Waals surface area contributed by atoms with E-state index in [2.05, 4.69) is 10.2 Å². The molecule has 4 nitrogen and oxygen atoms in total. The molecule has 3 aliphatic rings. The molecular formula is C22H24N2O2S. The molecule has 1 N–H and O–H groups in total. The number of fused-ring (bicyclic) bond motifs is 3. The second-order valence-electron chi connectivity index (χ2n) is 7.42. The van der Waals surface area contributed by atoms with Gasteiger partial charge in [-0.2, -0.15) is 0 Å². The van der Waals surface area contributed by atoms with Gasteiger partial charge >= 0.3 is 0 Å². The zero-order valence-electron chi connectivity index (χ0n) is 15.5. The Morgan fingerprint density at radius 3 is 1.96 bits per heavy atom. The second-order valence-corrected chi connectivity index (χ2v) is 8.57. The molecule has 0 aliphatic carbocycles. The van der Waals surface area contributed by atoms with Crippen molar-refractivity contribution in [3.8, 4) is 0 Å². The molecule has 1 atom stereocenters. The van der Waals surface area contributed by atoms with Crippen LogP contribution < -0.4 is 5.32 Å². The van der Waals surface area contributed by atoms with Crippen LogP contribution in [0.5, 0.6) is 0 Å². The number of nitrogens with zero attached hydrogens (tertiary/aromatic N) is 1. The molecular weight excluding hydrogens is 356 g/mol. The Kier molecular flexibility index (Phi) is 5.32. The monoisotopic (exact) mass is 380 g/mol. The van der Waals surface area contributed by atoms with Crippen LogP contribution in [-0.2, 0) is 0 Å². The molecule has 5 rings (SSSR count). The van der Waals surface area contributed by atoms with Gasteiger partial charge in [-0.3, -0.25) is 9.59 Å². The van der Waals surface area contributed by atoms with Crippen LogP contribution in [0.3, 0.4) is 0 Å². The van der Waals surface area contributed by atoms with Crippen LogP contribution >= 0.6 is 11.8 Å². The van der Waals surface area contributed by atoms with Crippen molar-refractivity contribution in [2.24, 2.45) is 5.92 Å². The molecule has 3 heterocycles. The summed E-state index contributed by atoms with van der Waals surface area (Å²) in [4.78, 5) is 28.5. The third-order valence-corrected chi connectivity index (χ3v) is 6.60. The van der Waals surface area contributed by atoms with E-state index in [9.17, 15) is 9.59 Å². The first kappa shape index (κ1) is 18.3. The molecule has 3 aliphatic heterocycles.